The molecule has 6 nitrogen and oxygen atoms in total. The van der Waals surface area contributed by atoms with Gasteiger partial charge in [-0.15, -0.1) is 10.2 Å². The highest BCUT2D eigenvalue weighted by atomic mass is 19.1. The summed E-state index contributed by atoms with van der Waals surface area (Å²) in [5.74, 6) is 0.0861. The first-order valence-electron chi connectivity index (χ1n) is 9.27. The Kier molecular flexibility index (Phi) is 4.81. The summed E-state index contributed by atoms with van der Waals surface area (Å²) in [5, 5.41) is 17.9. The number of amides is 1. The van der Waals surface area contributed by atoms with Crippen LogP contribution in [-0.4, -0.2) is 37.2 Å². The van der Waals surface area contributed by atoms with Crippen LogP contribution in [0.1, 0.15) is 40.5 Å². The fourth-order valence-electron chi connectivity index (χ4n) is 3.66. The summed E-state index contributed by atoms with van der Waals surface area (Å²) >= 11 is 0. The number of phenolic OH excluding ortho intramolecular Hbond substituents is 1. The van der Waals surface area contributed by atoms with Gasteiger partial charge in [-0.25, -0.2) is 4.39 Å². The van der Waals surface area contributed by atoms with Gasteiger partial charge in [-0.2, -0.15) is 0 Å². The Labute approximate surface area is 162 Å². The van der Waals surface area contributed by atoms with Crippen molar-refractivity contribution in [3.8, 4) is 5.75 Å². The number of nitrogens with zero attached hydrogens (tertiary/aromatic N) is 4. The second-order valence-electron chi connectivity index (χ2n) is 7.09. The van der Waals surface area contributed by atoms with Crippen LogP contribution >= 0.6 is 0 Å². The molecule has 0 unspecified atom stereocenters. The average Bonchev–Trinajstić information content (AvgIpc) is 3.12. The lowest BCUT2D eigenvalue weighted by molar-refractivity contribution is 0.0679. The number of aromatic nitrogens is 3. The van der Waals surface area contributed by atoms with Crippen molar-refractivity contribution in [2.24, 2.45) is 0 Å². The molecular formula is C21H21FN4O2. The molecule has 0 bridgehead atoms. The molecule has 144 valence electrons. The second-order valence-corrected chi connectivity index (χ2v) is 7.09. The standard InChI is InChI=1S/C21H21FN4O2/c1-14-12-25(21(28)16-8-9-18(27)17(22)11-16)13-20-24-23-19(26(14)20)10-7-15-5-3-2-4-6-15/h2-6,8-9,11,14,27H,7,10,12-13H2,1H3/t14-/m0/s1. The third-order valence-corrected chi connectivity index (χ3v) is 5.06. The maximum Gasteiger partial charge on any atom is 0.254 e. The Morgan fingerprint density at radius 3 is 2.71 bits per heavy atom. The van der Waals surface area contributed by atoms with Gasteiger partial charge in [-0.1, -0.05) is 30.3 Å². The number of hydrogen-bond donors (Lipinski definition) is 1. The summed E-state index contributed by atoms with van der Waals surface area (Å²) in [6.45, 7) is 2.84. The smallest absolute Gasteiger partial charge is 0.254 e. The molecule has 0 spiro atoms. The fraction of sp³-hybridized carbons (Fsp3) is 0.286. The zero-order chi connectivity index (χ0) is 19.7. The molecule has 1 aliphatic rings. The molecule has 2 aromatic carbocycles. The lowest BCUT2D eigenvalue weighted by atomic mass is 10.1. The first kappa shape index (κ1) is 18.2. The maximum atomic E-state index is 13.6. The first-order chi connectivity index (χ1) is 13.5. The van der Waals surface area contributed by atoms with E-state index in [1.54, 1.807) is 4.90 Å². The Morgan fingerprint density at radius 2 is 1.96 bits per heavy atom. The quantitative estimate of drug-likeness (QED) is 0.755. The zero-order valence-corrected chi connectivity index (χ0v) is 15.5. The van der Waals surface area contributed by atoms with Crippen LogP contribution in [0.4, 0.5) is 4.39 Å². The number of benzene rings is 2. The minimum absolute atomic E-state index is 0.0236. The molecule has 0 saturated heterocycles. The van der Waals surface area contributed by atoms with E-state index in [9.17, 15) is 14.3 Å². The van der Waals surface area contributed by atoms with Crippen LogP contribution in [0.2, 0.25) is 0 Å². The summed E-state index contributed by atoms with van der Waals surface area (Å²) in [7, 11) is 0. The number of aromatic hydroxyl groups is 1. The summed E-state index contributed by atoms with van der Waals surface area (Å²) in [5.41, 5.74) is 1.45. The molecule has 1 aliphatic heterocycles. The van der Waals surface area contributed by atoms with E-state index in [0.717, 1.165) is 30.6 Å². The maximum absolute atomic E-state index is 13.6. The highest BCUT2D eigenvalue weighted by molar-refractivity contribution is 5.94. The van der Waals surface area contributed by atoms with Crippen molar-refractivity contribution < 1.29 is 14.3 Å². The van der Waals surface area contributed by atoms with Gasteiger partial charge in [0.25, 0.3) is 5.91 Å². The highest BCUT2D eigenvalue weighted by Crippen LogP contribution is 2.25. The van der Waals surface area contributed by atoms with E-state index in [1.807, 2.05) is 25.1 Å². The minimum atomic E-state index is -0.803. The van der Waals surface area contributed by atoms with Crippen molar-refractivity contribution in [2.45, 2.75) is 32.4 Å². The van der Waals surface area contributed by atoms with E-state index in [-0.39, 0.29) is 17.5 Å². The average molecular weight is 380 g/mol. The van der Waals surface area contributed by atoms with Gasteiger partial charge in [-0.3, -0.25) is 4.79 Å². The van der Waals surface area contributed by atoms with Crippen LogP contribution in [0.15, 0.2) is 48.5 Å². The minimum Gasteiger partial charge on any atom is -0.505 e. The summed E-state index contributed by atoms with van der Waals surface area (Å²) in [4.78, 5) is 14.4. The number of aryl methyl sites for hydroxylation is 2. The first-order valence-corrected chi connectivity index (χ1v) is 9.27. The van der Waals surface area contributed by atoms with Gasteiger partial charge in [0, 0.05) is 18.5 Å². The molecule has 7 heteroatoms. The van der Waals surface area contributed by atoms with E-state index in [1.165, 1.54) is 17.7 Å². The van der Waals surface area contributed by atoms with Gasteiger partial charge >= 0.3 is 0 Å². The number of hydrogen-bond acceptors (Lipinski definition) is 4. The molecule has 1 aromatic heterocycles. The molecular weight excluding hydrogens is 359 g/mol. The highest BCUT2D eigenvalue weighted by Gasteiger charge is 2.29. The third-order valence-electron chi connectivity index (χ3n) is 5.06. The lowest BCUT2D eigenvalue weighted by Gasteiger charge is -2.32. The van der Waals surface area contributed by atoms with Gasteiger partial charge in [0.1, 0.15) is 5.82 Å². The molecule has 28 heavy (non-hydrogen) atoms. The Balaban J connectivity index is 1.50. The number of rotatable bonds is 4. The lowest BCUT2D eigenvalue weighted by Crippen LogP contribution is -2.40. The second kappa shape index (κ2) is 7.42. The zero-order valence-electron chi connectivity index (χ0n) is 15.5. The molecule has 0 aliphatic carbocycles. The summed E-state index contributed by atoms with van der Waals surface area (Å²) in [6.07, 6.45) is 1.65. The fourth-order valence-corrected chi connectivity index (χ4v) is 3.66. The van der Waals surface area contributed by atoms with Crippen molar-refractivity contribution in [3.05, 3.63) is 77.1 Å². The number of halogens is 1. The van der Waals surface area contributed by atoms with Gasteiger partial charge in [-0.05, 0) is 37.1 Å². The predicted molar refractivity (Wildman–Crippen MR) is 101 cm³/mol. The monoisotopic (exact) mass is 380 g/mol. The van der Waals surface area contributed by atoms with Crippen molar-refractivity contribution in [3.63, 3.8) is 0 Å². The van der Waals surface area contributed by atoms with Crippen molar-refractivity contribution in [1.29, 1.82) is 0 Å². The van der Waals surface area contributed by atoms with E-state index in [2.05, 4.69) is 26.9 Å². The van der Waals surface area contributed by atoms with Crippen LogP contribution in [-0.2, 0) is 19.4 Å². The molecule has 1 amide bonds. The molecule has 0 saturated carbocycles. The number of fused-ring (bicyclic) bond motifs is 1. The Hall–Kier alpha value is -3.22. The van der Waals surface area contributed by atoms with Crippen molar-refractivity contribution in [2.75, 3.05) is 6.54 Å². The molecule has 0 radical (unpaired) electrons. The SMILES string of the molecule is C[C@H]1CN(C(=O)c2ccc(O)c(F)c2)Cc2nnc(CCc3ccccc3)n21. The van der Waals surface area contributed by atoms with Gasteiger partial charge in [0.05, 0.1) is 12.6 Å². The summed E-state index contributed by atoms with van der Waals surface area (Å²) < 4.78 is 15.7. The van der Waals surface area contributed by atoms with Crippen molar-refractivity contribution in [1.82, 2.24) is 19.7 Å². The van der Waals surface area contributed by atoms with Crippen molar-refractivity contribution >= 4 is 5.91 Å². The van der Waals surface area contributed by atoms with Crippen LogP contribution in [0, 0.1) is 5.82 Å². The molecule has 1 N–H and O–H groups in total. The number of carbonyl (C=O) groups is 1. The third kappa shape index (κ3) is 3.47. The Morgan fingerprint density at radius 1 is 1.18 bits per heavy atom. The van der Waals surface area contributed by atoms with Gasteiger partial charge in [0.2, 0.25) is 0 Å². The predicted octanol–water partition coefficient (Wildman–Crippen LogP) is 3.13. The topological polar surface area (TPSA) is 71.2 Å². The van der Waals surface area contributed by atoms with Crippen LogP contribution in [0.5, 0.6) is 5.75 Å². The van der Waals surface area contributed by atoms with E-state index >= 15 is 0 Å². The Bertz CT molecular complexity index is 1000. The van der Waals surface area contributed by atoms with Gasteiger partial charge < -0.3 is 14.6 Å². The molecule has 2 heterocycles. The van der Waals surface area contributed by atoms with E-state index in [0.29, 0.717) is 13.1 Å². The summed E-state index contributed by atoms with van der Waals surface area (Å²) in [6, 6.07) is 13.9. The normalized spacial score (nSPS) is 16.1. The molecule has 1 atom stereocenters. The molecule has 4 rings (SSSR count). The molecule has 0 fully saturated rings. The van der Waals surface area contributed by atoms with Crippen LogP contribution < -0.4 is 0 Å². The van der Waals surface area contributed by atoms with Crippen LogP contribution in [0.25, 0.3) is 0 Å². The van der Waals surface area contributed by atoms with E-state index < -0.39 is 11.6 Å². The van der Waals surface area contributed by atoms with Crippen LogP contribution in [0.3, 0.4) is 0 Å². The van der Waals surface area contributed by atoms with Gasteiger partial charge in [0.15, 0.2) is 17.4 Å². The van der Waals surface area contributed by atoms with E-state index in [4.69, 9.17) is 0 Å². The number of phenols is 1. The number of carbonyl (C=O) groups excluding carboxylic acids is 1. The molecule has 3 aromatic rings. The largest absolute Gasteiger partial charge is 0.505 e.